The van der Waals surface area contributed by atoms with Gasteiger partial charge in [-0.05, 0) is 160 Å². The van der Waals surface area contributed by atoms with Crippen LogP contribution in [0.5, 0.6) is 0 Å². The monoisotopic (exact) mass is 963 g/mol. The average molecular weight is 964 g/mol. The zero-order valence-electron chi connectivity index (χ0n) is 37.4. The second-order valence-corrected chi connectivity index (χ2v) is 15.4. The zero-order chi connectivity index (χ0) is 51.3. The number of nitrogens with two attached hydrogens (primary N) is 1. The van der Waals surface area contributed by atoms with Crippen molar-refractivity contribution in [3.8, 4) is 12.1 Å². The highest BCUT2D eigenvalue weighted by Gasteiger charge is 2.18. The van der Waals surface area contributed by atoms with E-state index in [2.05, 4.69) is 6.07 Å². The van der Waals surface area contributed by atoms with Crippen molar-refractivity contribution in [2.75, 3.05) is 0 Å². The largest absolute Gasteiger partial charge is 0.370 e. The molecule has 5 nitrogen and oxygen atoms in total. The number of primary amides is 1. The van der Waals surface area contributed by atoms with Gasteiger partial charge in [-0.3, -0.25) is 9.59 Å². The maximum atomic E-state index is 12.9. The first-order valence-electron chi connectivity index (χ1n) is 21.5. The van der Waals surface area contributed by atoms with Gasteiger partial charge in [0.2, 0.25) is 5.91 Å². The van der Waals surface area contributed by atoms with Gasteiger partial charge in [0.05, 0.1) is 12.1 Å². The summed E-state index contributed by atoms with van der Waals surface area (Å²) in [5.74, 6) is -3.94. The van der Waals surface area contributed by atoms with Crippen molar-refractivity contribution >= 4 is 17.3 Å². The molecule has 0 fully saturated rings. The molecule has 8 aromatic carbocycles. The van der Waals surface area contributed by atoms with Gasteiger partial charge in [-0.15, -0.1) is 0 Å². The number of rotatable bonds is 11. The number of carbonyl (C=O) groups excluding carboxylic acids is 2. The lowest BCUT2D eigenvalue weighted by atomic mass is 9.88. The molecule has 0 spiro atoms. The summed E-state index contributed by atoms with van der Waals surface area (Å²) in [6.07, 6.45) is 1.73. The van der Waals surface area contributed by atoms with Gasteiger partial charge in [0.1, 0.15) is 46.5 Å². The predicted molar refractivity (Wildman–Crippen MR) is 255 cm³/mol. The third kappa shape index (κ3) is 16.7. The molecule has 0 unspecified atom stereocenters. The van der Waals surface area contributed by atoms with Crippen LogP contribution in [0.25, 0.3) is 5.57 Å². The van der Waals surface area contributed by atoms with Gasteiger partial charge in [0.15, 0.2) is 5.78 Å². The van der Waals surface area contributed by atoms with Crippen LogP contribution in [0.4, 0.5) is 35.1 Å². The van der Waals surface area contributed by atoms with Crippen LogP contribution in [-0.2, 0) is 4.79 Å². The Morgan fingerprint density at radius 2 is 0.634 bits per heavy atom. The van der Waals surface area contributed by atoms with Crippen LogP contribution < -0.4 is 5.73 Å². The Morgan fingerprint density at radius 3 is 0.873 bits per heavy atom. The predicted octanol–water partition coefficient (Wildman–Crippen LogP) is 14.1. The smallest absolute Gasteiger partial charge is 0.218 e. The van der Waals surface area contributed by atoms with Gasteiger partial charge < -0.3 is 5.73 Å². The van der Waals surface area contributed by atoms with Crippen molar-refractivity contribution in [3.05, 3.63) is 291 Å². The molecule has 0 saturated heterocycles. The van der Waals surface area contributed by atoms with Crippen LogP contribution in [0.15, 0.2) is 200 Å². The van der Waals surface area contributed by atoms with Gasteiger partial charge in [-0.2, -0.15) is 10.5 Å². The van der Waals surface area contributed by atoms with E-state index in [1.807, 2.05) is 6.07 Å². The molecule has 0 radical (unpaired) electrons. The summed E-state index contributed by atoms with van der Waals surface area (Å²) in [5.41, 5.74) is 11.3. The van der Waals surface area contributed by atoms with Crippen molar-refractivity contribution in [2.24, 2.45) is 5.73 Å². The van der Waals surface area contributed by atoms with E-state index in [1.165, 1.54) is 127 Å². The first-order valence-corrected chi connectivity index (χ1v) is 21.5. The average Bonchev–Trinajstić information content (AvgIpc) is 3.37. The summed E-state index contributed by atoms with van der Waals surface area (Å²) in [6, 6.07) is 50.0. The summed E-state index contributed by atoms with van der Waals surface area (Å²) in [4.78, 5) is 23.0. The molecule has 0 aliphatic carbocycles. The van der Waals surface area contributed by atoms with Crippen molar-refractivity contribution < 1.29 is 44.7 Å². The summed E-state index contributed by atoms with van der Waals surface area (Å²) < 4.78 is 103. The number of carbonyl (C=O) groups is 2. The van der Waals surface area contributed by atoms with Gasteiger partial charge in [0.25, 0.3) is 0 Å². The van der Waals surface area contributed by atoms with Gasteiger partial charge >= 0.3 is 0 Å². The molecule has 8 aromatic rings. The van der Waals surface area contributed by atoms with E-state index in [1.54, 1.807) is 72.8 Å². The number of nitriles is 2. The van der Waals surface area contributed by atoms with Crippen LogP contribution in [0.2, 0.25) is 0 Å². The zero-order valence-corrected chi connectivity index (χ0v) is 37.4. The molecule has 0 aromatic heterocycles. The molecule has 0 aliphatic heterocycles. The number of allylic oxidation sites excluding steroid dienone is 1. The number of ketones is 1. The third-order valence-electron chi connectivity index (χ3n) is 10.5. The highest BCUT2D eigenvalue weighted by molar-refractivity contribution is 6.08. The number of nitrogens with zero attached hydrogens (tertiary/aromatic N) is 2. The van der Waals surface area contributed by atoms with Crippen LogP contribution in [0.3, 0.4) is 0 Å². The lowest BCUT2D eigenvalue weighted by Crippen LogP contribution is -2.16. The molecular weight excluding hydrogens is 923 g/mol. The molecule has 0 bridgehead atoms. The van der Waals surface area contributed by atoms with Gasteiger partial charge in [0, 0.05) is 41.9 Å². The SMILES string of the molecule is N#CC=C(c1ccc(F)cc1)c1ccc(F)cc1.N#CCC(c1ccc(F)cc1)c1ccc(F)cc1.NC(=O)CC(c1ccc(F)cc1)c1ccc(F)cc1.O=C(c1ccc(F)cc1)c1ccc(F)cc1. The van der Waals surface area contributed by atoms with Crippen LogP contribution in [0.1, 0.15) is 74.0 Å². The van der Waals surface area contributed by atoms with E-state index >= 15 is 0 Å². The summed E-state index contributed by atoms with van der Waals surface area (Å²) >= 11 is 0. The van der Waals surface area contributed by atoms with Crippen molar-refractivity contribution in [3.63, 3.8) is 0 Å². The molecule has 71 heavy (non-hydrogen) atoms. The topological polar surface area (TPSA) is 108 Å². The Bertz CT molecular complexity index is 2890. The first kappa shape index (κ1) is 53.0. The van der Waals surface area contributed by atoms with Crippen LogP contribution in [-0.4, -0.2) is 11.7 Å². The minimum absolute atomic E-state index is 0.0945. The quantitative estimate of drug-likeness (QED) is 0.0791. The third-order valence-corrected chi connectivity index (χ3v) is 10.5. The summed E-state index contributed by atoms with van der Waals surface area (Å²) in [7, 11) is 0. The van der Waals surface area contributed by atoms with E-state index in [0.717, 1.165) is 22.3 Å². The molecule has 1 amide bonds. The normalized spacial score (nSPS) is 10.2. The molecular formula is C58H41F8N3O2. The Labute approximate surface area is 405 Å². The van der Waals surface area contributed by atoms with E-state index in [-0.39, 0.29) is 65.4 Å². The van der Waals surface area contributed by atoms with E-state index in [9.17, 15) is 44.7 Å². The summed E-state index contributed by atoms with van der Waals surface area (Å²) in [5, 5.41) is 17.7. The van der Waals surface area contributed by atoms with Crippen LogP contribution in [0, 0.1) is 69.2 Å². The Balaban J connectivity index is 0.000000176. The maximum absolute atomic E-state index is 12.9. The minimum atomic E-state index is -0.460. The number of hydrogen-bond donors (Lipinski definition) is 1. The summed E-state index contributed by atoms with van der Waals surface area (Å²) in [6.45, 7) is 0. The van der Waals surface area contributed by atoms with E-state index in [0.29, 0.717) is 27.8 Å². The molecule has 2 N–H and O–H groups in total. The molecule has 0 atom stereocenters. The molecule has 0 saturated carbocycles. The lowest BCUT2D eigenvalue weighted by Gasteiger charge is -2.16. The standard InChI is InChI=1S/C15H13F2NO.C15H11F2N.C15H9F2N.C13H8F2O/c16-12-5-1-10(2-6-12)14(9-15(18)19)11-3-7-13(17)8-4-11;2*16-13-5-1-11(2-6-13)15(9-10-18)12-3-7-14(17)8-4-12;14-11-5-1-9(2-6-11)13(16)10-3-7-12(15)8-4-10/h1-8,14H,9H2,(H2,18,19);1-8,15H,9H2;1-9H;1-8H. The first-order chi connectivity index (χ1) is 34.1. The number of benzene rings is 8. The molecule has 13 heteroatoms. The van der Waals surface area contributed by atoms with Crippen molar-refractivity contribution in [2.45, 2.75) is 24.7 Å². The molecule has 0 aliphatic rings. The number of hydrogen-bond acceptors (Lipinski definition) is 4. The van der Waals surface area contributed by atoms with Gasteiger partial charge in [-0.25, -0.2) is 35.1 Å². The Kier molecular flexibility index (Phi) is 19.8. The van der Waals surface area contributed by atoms with E-state index in [4.69, 9.17) is 16.3 Å². The second kappa shape index (κ2) is 26.6. The fourth-order valence-electron chi connectivity index (χ4n) is 6.96. The fourth-order valence-corrected chi connectivity index (χ4v) is 6.96. The Morgan fingerprint density at radius 1 is 0.394 bits per heavy atom. The number of amides is 1. The highest BCUT2D eigenvalue weighted by Crippen LogP contribution is 2.30. The van der Waals surface area contributed by atoms with Crippen molar-refractivity contribution in [1.82, 2.24) is 0 Å². The maximum Gasteiger partial charge on any atom is 0.218 e. The minimum Gasteiger partial charge on any atom is -0.370 e. The van der Waals surface area contributed by atoms with Gasteiger partial charge in [-0.1, -0.05) is 72.8 Å². The van der Waals surface area contributed by atoms with E-state index < -0.39 is 17.5 Å². The molecule has 0 heterocycles. The molecule has 356 valence electrons. The van der Waals surface area contributed by atoms with Crippen LogP contribution >= 0.6 is 0 Å². The highest BCUT2D eigenvalue weighted by atomic mass is 19.2. The number of halogens is 8. The molecule has 8 rings (SSSR count). The van der Waals surface area contributed by atoms with Crippen molar-refractivity contribution in [1.29, 1.82) is 10.5 Å². The Hall–Kier alpha value is -8.94. The lowest BCUT2D eigenvalue weighted by molar-refractivity contribution is -0.118. The second-order valence-electron chi connectivity index (χ2n) is 15.4. The fraction of sp³-hybridized carbons (Fsp3) is 0.0690.